The van der Waals surface area contributed by atoms with Gasteiger partial charge in [0.15, 0.2) is 0 Å². The minimum Gasteiger partial charge on any atom is -0.478 e. The van der Waals surface area contributed by atoms with Gasteiger partial charge in [0.1, 0.15) is 5.82 Å². The number of carbonyl (C=O) groups is 3. The quantitative estimate of drug-likeness (QED) is 0.675. The molecule has 0 saturated carbocycles. The van der Waals surface area contributed by atoms with Crippen molar-refractivity contribution in [2.75, 3.05) is 11.9 Å². The number of hydrogen-bond acceptors (Lipinski definition) is 4. The van der Waals surface area contributed by atoms with Crippen LogP contribution in [0.25, 0.3) is 0 Å². The van der Waals surface area contributed by atoms with Crippen molar-refractivity contribution in [3.05, 3.63) is 23.9 Å². The zero-order valence-corrected chi connectivity index (χ0v) is 9.06. The van der Waals surface area contributed by atoms with E-state index in [1.165, 1.54) is 25.3 Å². The van der Waals surface area contributed by atoms with Crippen LogP contribution in [-0.4, -0.2) is 34.4 Å². The molecule has 1 rings (SSSR count). The van der Waals surface area contributed by atoms with Crippen molar-refractivity contribution in [1.29, 1.82) is 0 Å². The summed E-state index contributed by atoms with van der Waals surface area (Å²) in [5.74, 6) is -1.78. The molecule has 0 bridgehead atoms. The molecule has 0 aliphatic carbocycles. The molecule has 0 spiro atoms. The van der Waals surface area contributed by atoms with Gasteiger partial charge < -0.3 is 15.7 Å². The van der Waals surface area contributed by atoms with E-state index in [9.17, 15) is 14.4 Å². The topological polar surface area (TPSA) is 108 Å². The fourth-order valence-corrected chi connectivity index (χ4v) is 1.02. The molecule has 17 heavy (non-hydrogen) atoms. The van der Waals surface area contributed by atoms with Gasteiger partial charge in [-0.1, -0.05) is 0 Å². The van der Waals surface area contributed by atoms with E-state index >= 15 is 0 Å². The number of carboxylic acid groups (broad SMARTS) is 1. The summed E-state index contributed by atoms with van der Waals surface area (Å²) in [6.07, 6.45) is 1.28. The van der Waals surface area contributed by atoms with Crippen LogP contribution in [-0.2, 0) is 9.59 Å². The third-order valence-electron chi connectivity index (χ3n) is 1.77. The van der Waals surface area contributed by atoms with Crippen molar-refractivity contribution in [2.24, 2.45) is 0 Å². The first kappa shape index (κ1) is 12.6. The van der Waals surface area contributed by atoms with E-state index in [4.69, 9.17) is 5.11 Å². The van der Waals surface area contributed by atoms with Crippen LogP contribution in [0.2, 0.25) is 0 Å². The summed E-state index contributed by atoms with van der Waals surface area (Å²) in [6, 6.07) is 2.54. The molecule has 1 aromatic rings. The minimum absolute atomic E-state index is 0.0230. The third-order valence-corrected chi connectivity index (χ3v) is 1.77. The Kier molecular flexibility index (Phi) is 4.15. The van der Waals surface area contributed by atoms with E-state index in [1.54, 1.807) is 0 Å². The van der Waals surface area contributed by atoms with Crippen LogP contribution in [0.4, 0.5) is 5.82 Å². The van der Waals surface area contributed by atoms with E-state index in [0.29, 0.717) is 0 Å². The van der Waals surface area contributed by atoms with Crippen LogP contribution >= 0.6 is 0 Å². The average molecular weight is 237 g/mol. The second-order valence-electron chi connectivity index (χ2n) is 3.19. The van der Waals surface area contributed by atoms with Gasteiger partial charge in [0, 0.05) is 13.1 Å². The van der Waals surface area contributed by atoms with Crippen LogP contribution in [0.1, 0.15) is 17.3 Å². The Morgan fingerprint density at radius 1 is 1.41 bits per heavy atom. The van der Waals surface area contributed by atoms with Crippen LogP contribution in [0, 0.1) is 0 Å². The fraction of sp³-hybridized carbons (Fsp3) is 0.200. The molecule has 7 nitrogen and oxygen atoms in total. The summed E-state index contributed by atoms with van der Waals surface area (Å²) in [5, 5.41) is 13.4. The van der Waals surface area contributed by atoms with Gasteiger partial charge in [-0.05, 0) is 12.1 Å². The summed E-state index contributed by atoms with van der Waals surface area (Å²) >= 11 is 0. The molecule has 0 radical (unpaired) electrons. The lowest BCUT2D eigenvalue weighted by molar-refractivity contribution is -0.122. The highest BCUT2D eigenvalue weighted by Gasteiger charge is 2.07. The van der Waals surface area contributed by atoms with Crippen molar-refractivity contribution >= 4 is 23.6 Å². The van der Waals surface area contributed by atoms with Gasteiger partial charge >= 0.3 is 5.97 Å². The van der Waals surface area contributed by atoms with Gasteiger partial charge in [-0.25, -0.2) is 9.78 Å². The molecule has 0 aromatic carbocycles. The first-order valence-electron chi connectivity index (χ1n) is 4.72. The normalized spacial score (nSPS) is 9.47. The second kappa shape index (κ2) is 5.59. The number of pyridine rings is 1. The summed E-state index contributed by atoms with van der Waals surface area (Å²) in [6.45, 7) is 1.10. The molecule has 0 aliphatic heterocycles. The van der Waals surface area contributed by atoms with E-state index < -0.39 is 11.9 Å². The Hall–Kier alpha value is -2.44. The largest absolute Gasteiger partial charge is 0.478 e. The molecular formula is C10H11N3O4. The lowest BCUT2D eigenvalue weighted by Crippen LogP contribution is -2.31. The number of anilines is 1. The monoisotopic (exact) mass is 237 g/mol. The van der Waals surface area contributed by atoms with Crippen molar-refractivity contribution < 1.29 is 19.5 Å². The predicted molar refractivity (Wildman–Crippen MR) is 58.5 cm³/mol. The van der Waals surface area contributed by atoms with E-state index in [2.05, 4.69) is 15.6 Å². The summed E-state index contributed by atoms with van der Waals surface area (Å²) in [4.78, 5) is 36.3. The molecule has 0 saturated heterocycles. The van der Waals surface area contributed by atoms with Gasteiger partial charge in [0.05, 0.1) is 12.1 Å². The standard InChI is InChI=1S/C10H11N3O4/c1-6(14)12-5-9(15)13-8-4-7(10(16)17)2-3-11-8/h2-4H,5H2,1H3,(H,12,14)(H,16,17)(H,11,13,15). The number of aromatic nitrogens is 1. The number of aromatic carboxylic acids is 1. The van der Waals surface area contributed by atoms with Gasteiger partial charge in [0.25, 0.3) is 0 Å². The van der Waals surface area contributed by atoms with Crippen molar-refractivity contribution in [2.45, 2.75) is 6.92 Å². The lowest BCUT2D eigenvalue weighted by Gasteiger charge is -2.05. The molecule has 0 aliphatic rings. The highest BCUT2D eigenvalue weighted by atomic mass is 16.4. The summed E-state index contributed by atoms with van der Waals surface area (Å²) < 4.78 is 0. The predicted octanol–water partition coefficient (Wildman–Crippen LogP) is -0.146. The van der Waals surface area contributed by atoms with Crippen LogP contribution < -0.4 is 10.6 Å². The Balaban J connectivity index is 2.62. The van der Waals surface area contributed by atoms with E-state index in [1.807, 2.05) is 0 Å². The molecule has 2 amide bonds. The highest BCUT2D eigenvalue weighted by Crippen LogP contribution is 2.06. The Labute approximate surface area is 96.9 Å². The maximum Gasteiger partial charge on any atom is 0.335 e. The van der Waals surface area contributed by atoms with Crippen molar-refractivity contribution in [3.8, 4) is 0 Å². The zero-order valence-electron chi connectivity index (χ0n) is 9.06. The molecular weight excluding hydrogens is 226 g/mol. The minimum atomic E-state index is -1.11. The van der Waals surface area contributed by atoms with Crippen LogP contribution in [0.5, 0.6) is 0 Å². The smallest absolute Gasteiger partial charge is 0.335 e. The van der Waals surface area contributed by atoms with Gasteiger partial charge in [-0.3, -0.25) is 9.59 Å². The van der Waals surface area contributed by atoms with Crippen LogP contribution in [0.15, 0.2) is 18.3 Å². The molecule has 3 N–H and O–H groups in total. The van der Waals surface area contributed by atoms with Gasteiger partial charge in [-0.2, -0.15) is 0 Å². The van der Waals surface area contributed by atoms with Crippen LogP contribution in [0.3, 0.4) is 0 Å². The molecule has 1 heterocycles. The first-order valence-corrected chi connectivity index (χ1v) is 4.72. The number of carbonyl (C=O) groups excluding carboxylic acids is 2. The summed E-state index contributed by atoms with van der Waals surface area (Å²) in [7, 11) is 0. The number of rotatable bonds is 4. The van der Waals surface area contributed by atoms with Gasteiger partial charge in [-0.15, -0.1) is 0 Å². The molecule has 0 atom stereocenters. The lowest BCUT2D eigenvalue weighted by atomic mass is 10.2. The van der Waals surface area contributed by atoms with E-state index in [-0.39, 0.29) is 23.8 Å². The number of carboxylic acids is 1. The molecule has 0 fully saturated rings. The Morgan fingerprint density at radius 2 is 2.12 bits per heavy atom. The average Bonchev–Trinajstić information content (AvgIpc) is 2.26. The van der Waals surface area contributed by atoms with Crippen molar-refractivity contribution in [3.63, 3.8) is 0 Å². The van der Waals surface area contributed by atoms with Crippen molar-refractivity contribution in [1.82, 2.24) is 10.3 Å². The maximum absolute atomic E-state index is 11.3. The van der Waals surface area contributed by atoms with E-state index in [0.717, 1.165) is 0 Å². The number of nitrogens with zero attached hydrogens (tertiary/aromatic N) is 1. The molecule has 1 aromatic heterocycles. The molecule has 7 heteroatoms. The number of nitrogens with one attached hydrogen (secondary N) is 2. The molecule has 90 valence electrons. The second-order valence-corrected chi connectivity index (χ2v) is 3.19. The Morgan fingerprint density at radius 3 is 2.71 bits per heavy atom. The first-order chi connectivity index (χ1) is 7.99. The Bertz CT molecular complexity index is 459. The third kappa shape index (κ3) is 4.29. The maximum atomic E-state index is 11.3. The highest BCUT2D eigenvalue weighted by molar-refractivity contribution is 5.95. The fourth-order valence-electron chi connectivity index (χ4n) is 1.02. The summed E-state index contributed by atoms with van der Waals surface area (Å²) in [5.41, 5.74) is 0.0230. The van der Waals surface area contributed by atoms with Gasteiger partial charge in [0.2, 0.25) is 11.8 Å². The number of hydrogen-bond donors (Lipinski definition) is 3. The number of amides is 2. The SMILES string of the molecule is CC(=O)NCC(=O)Nc1cc(C(=O)O)ccn1. The zero-order chi connectivity index (χ0) is 12.8. The molecule has 0 unspecified atom stereocenters.